The number of amides is 2. The van der Waals surface area contributed by atoms with Gasteiger partial charge in [-0.05, 0) is 48.2 Å². The number of anilines is 1. The van der Waals surface area contributed by atoms with Crippen molar-refractivity contribution in [2.24, 2.45) is 0 Å². The number of hydrogen-bond donors (Lipinski definition) is 1. The molecule has 0 aliphatic carbocycles. The van der Waals surface area contributed by atoms with Gasteiger partial charge in [0.05, 0.1) is 11.9 Å². The fraction of sp³-hybridized carbons (Fsp3) is 0.286. The Morgan fingerprint density at radius 3 is 1.89 bits per heavy atom. The predicted octanol–water partition coefficient (Wildman–Crippen LogP) is 3.46. The molecule has 2 amide bonds. The number of sulfonamides is 1. The maximum Gasteiger partial charge on any atom is 0.244 e. The topological polar surface area (TPSA) is 86.8 Å². The normalized spacial score (nSPS) is 12.0. The van der Waals surface area contributed by atoms with E-state index in [1.165, 1.54) is 11.9 Å². The molecule has 0 fully saturated rings. The molecule has 36 heavy (non-hydrogen) atoms. The van der Waals surface area contributed by atoms with Crippen LogP contribution in [0.4, 0.5) is 5.69 Å². The Morgan fingerprint density at radius 1 is 0.861 bits per heavy atom. The van der Waals surface area contributed by atoms with E-state index in [0.717, 1.165) is 32.8 Å². The third-order valence-electron chi connectivity index (χ3n) is 5.89. The third-order valence-corrected chi connectivity index (χ3v) is 7.03. The van der Waals surface area contributed by atoms with E-state index in [9.17, 15) is 18.0 Å². The van der Waals surface area contributed by atoms with Gasteiger partial charge >= 0.3 is 0 Å². The average molecular weight is 508 g/mol. The van der Waals surface area contributed by atoms with Crippen molar-refractivity contribution in [1.82, 2.24) is 10.2 Å². The zero-order valence-electron chi connectivity index (χ0n) is 21.1. The molecule has 190 valence electrons. The maximum atomic E-state index is 13.8. The summed E-state index contributed by atoms with van der Waals surface area (Å²) >= 11 is 0. The Hall–Kier alpha value is -3.65. The first-order valence-corrected chi connectivity index (χ1v) is 13.6. The van der Waals surface area contributed by atoms with Crippen molar-refractivity contribution in [1.29, 1.82) is 0 Å². The molecule has 3 aromatic carbocycles. The average Bonchev–Trinajstić information content (AvgIpc) is 2.84. The SMILES string of the molecule is CNC(=O)[C@H](Cc1ccccc1)N(Cc1ccccc1)C(=O)CN(c1cc(C)cc(C)c1)S(C)(=O)=O. The Kier molecular flexibility index (Phi) is 8.88. The second kappa shape index (κ2) is 11.9. The van der Waals surface area contributed by atoms with Crippen LogP contribution in [0.1, 0.15) is 22.3 Å². The fourth-order valence-electron chi connectivity index (χ4n) is 4.21. The Balaban J connectivity index is 2.02. The highest BCUT2D eigenvalue weighted by Gasteiger charge is 2.32. The lowest BCUT2D eigenvalue weighted by Gasteiger charge is -2.33. The lowest BCUT2D eigenvalue weighted by atomic mass is 10.0. The van der Waals surface area contributed by atoms with Crippen LogP contribution in [0.25, 0.3) is 0 Å². The molecule has 0 heterocycles. The van der Waals surface area contributed by atoms with Crippen LogP contribution < -0.4 is 9.62 Å². The van der Waals surface area contributed by atoms with E-state index in [-0.39, 0.29) is 12.5 Å². The number of carbonyl (C=O) groups is 2. The number of likely N-dealkylation sites (N-methyl/N-ethyl adjacent to an activating group) is 1. The van der Waals surface area contributed by atoms with Crippen LogP contribution in [0.3, 0.4) is 0 Å². The second-order valence-corrected chi connectivity index (χ2v) is 10.8. The Bertz CT molecular complexity index is 1270. The van der Waals surface area contributed by atoms with Crippen molar-refractivity contribution in [2.75, 3.05) is 24.2 Å². The molecule has 0 spiro atoms. The van der Waals surface area contributed by atoms with E-state index in [1.54, 1.807) is 12.1 Å². The summed E-state index contributed by atoms with van der Waals surface area (Å²) in [5.74, 6) is -0.784. The van der Waals surface area contributed by atoms with Crippen molar-refractivity contribution < 1.29 is 18.0 Å². The molecule has 0 unspecified atom stereocenters. The largest absolute Gasteiger partial charge is 0.357 e. The van der Waals surface area contributed by atoms with Crippen molar-refractivity contribution in [2.45, 2.75) is 32.9 Å². The molecule has 0 saturated carbocycles. The summed E-state index contributed by atoms with van der Waals surface area (Å²) in [7, 11) is -2.25. The molecule has 8 heteroatoms. The molecule has 0 saturated heterocycles. The molecule has 0 bridgehead atoms. The van der Waals surface area contributed by atoms with Crippen LogP contribution in [-0.2, 0) is 32.6 Å². The standard InChI is InChI=1S/C28H33N3O4S/c1-21-15-22(2)17-25(16-21)31(36(4,34)35)20-27(32)30(19-24-13-9-6-10-14-24)26(28(33)29-3)18-23-11-7-5-8-12-23/h5-17,26H,18-20H2,1-4H3,(H,29,33)/t26-/m0/s1. The number of rotatable bonds is 10. The van der Waals surface area contributed by atoms with Crippen molar-refractivity contribution in [3.63, 3.8) is 0 Å². The minimum absolute atomic E-state index is 0.162. The lowest BCUT2D eigenvalue weighted by Crippen LogP contribution is -2.52. The summed E-state index contributed by atoms with van der Waals surface area (Å²) in [4.78, 5) is 28.4. The van der Waals surface area contributed by atoms with Crippen molar-refractivity contribution in [3.05, 3.63) is 101 Å². The third kappa shape index (κ3) is 7.18. The van der Waals surface area contributed by atoms with Gasteiger partial charge in [0.2, 0.25) is 21.8 Å². The van der Waals surface area contributed by atoms with Crippen LogP contribution in [0, 0.1) is 13.8 Å². The number of benzene rings is 3. The molecule has 0 radical (unpaired) electrons. The van der Waals surface area contributed by atoms with Gasteiger partial charge < -0.3 is 10.2 Å². The Morgan fingerprint density at radius 2 is 1.39 bits per heavy atom. The molecule has 1 N–H and O–H groups in total. The fourth-order valence-corrected chi connectivity index (χ4v) is 5.04. The molecular formula is C28H33N3O4S. The van der Waals surface area contributed by atoms with Gasteiger partial charge in [-0.15, -0.1) is 0 Å². The van der Waals surface area contributed by atoms with Gasteiger partial charge in [0.25, 0.3) is 0 Å². The van der Waals surface area contributed by atoms with Crippen LogP contribution in [0.15, 0.2) is 78.9 Å². The van der Waals surface area contributed by atoms with E-state index in [1.807, 2.05) is 80.6 Å². The number of nitrogens with one attached hydrogen (secondary N) is 1. The molecule has 3 aromatic rings. The van der Waals surface area contributed by atoms with Crippen LogP contribution in [0.2, 0.25) is 0 Å². The number of nitrogens with zero attached hydrogens (tertiary/aromatic N) is 2. The predicted molar refractivity (Wildman–Crippen MR) is 143 cm³/mol. The summed E-state index contributed by atoms with van der Waals surface area (Å²) < 4.78 is 26.7. The monoisotopic (exact) mass is 507 g/mol. The minimum Gasteiger partial charge on any atom is -0.357 e. The summed E-state index contributed by atoms with van der Waals surface area (Å²) in [5, 5.41) is 2.67. The van der Waals surface area contributed by atoms with Gasteiger partial charge in [0.15, 0.2) is 0 Å². The quantitative estimate of drug-likeness (QED) is 0.455. The zero-order valence-corrected chi connectivity index (χ0v) is 22.0. The zero-order chi connectivity index (χ0) is 26.3. The van der Waals surface area contributed by atoms with Gasteiger partial charge in [-0.1, -0.05) is 66.7 Å². The van der Waals surface area contributed by atoms with Gasteiger partial charge in [-0.2, -0.15) is 0 Å². The molecule has 1 atom stereocenters. The summed E-state index contributed by atoms with van der Waals surface area (Å²) in [6, 6.07) is 23.4. The number of carbonyl (C=O) groups excluding carboxylic acids is 2. The number of hydrogen-bond acceptors (Lipinski definition) is 4. The molecule has 0 aromatic heterocycles. The first kappa shape index (κ1) is 26.9. The van der Waals surface area contributed by atoms with Gasteiger partial charge in [-0.25, -0.2) is 8.42 Å². The summed E-state index contributed by atoms with van der Waals surface area (Å²) in [5.41, 5.74) is 3.93. The Labute approximate surface area is 213 Å². The highest BCUT2D eigenvalue weighted by Crippen LogP contribution is 2.23. The molecule has 0 aliphatic rings. The summed E-state index contributed by atoms with van der Waals surface area (Å²) in [6.45, 7) is 3.50. The first-order chi connectivity index (χ1) is 17.1. The second-order valence-electron chi connectivity index (χ2n) is 8.94. The van der Waals surface area contributed by atoms with E-state index in [2.05, 4.69) is 5.32 Å². The molecular weight excluding hydrogens is 474 g/mol. The lowest BCUT2D eigenvalue weighted by molar-refractivity contribution is -0.139. The number of aryl methyl sites for hydroxylation is 2. The van der Waals surface area contributed by atoms with Crippen molar-refractivity contribution >= 4 is 27.5 Å². The van der Waals surface area contributed by atoms with Gasteiger partial charge in [-0.3, -0.25) is 13.9 Å². The van der Waals surface area contributed by atoms with E-state index in [0.29, 0.717) is 12.1 Å². The molecule has 0 aliphatic heterocycles. The highest BCUT2D eigenvalue weighted by molar-refractivity contribution is 7.92. The molecule has 7 nitrogen and oxygen atoms in total. The van der Waals surface area contributed by atoms with Crippen LogP contribution in [0.5, 0.6) is 0 Å². The van der Waals surface area contributed by atoms with Crippen LogP contribution in [-0.4, -0.2) is 51.0 Å². The van der Waals surface area contributed by atoms with Gasteiger partial charge in [0.1, 0.15) is 12.6 Å². The summed E-state index contributed by atoms with van der Waals surface area (Å²) in [6.07, 6.45) is 1.38. The van der Waals surface area contributed by atoms with Crippen molar-refractivity contribution in [3.8, 4) is 0 Å². The van der Waals surface area contributed by atoms with E-state index < -0.39 is 28.5 Å². The molecule has 3 rings (SSSR count). The van der Waals surface area contributed by atoms with Gasteiger partial charge in [0, 0.05) is 20.0 Å². The van der Waals surface area contributed by atoms with E-state index in [4.69, 9.17) is 0 Å². The van der Waals surface area contributed by atoms with Crippen LogP contribution >= 0.6 is 0 Å². The maximum absolute atomic E-state index is 13.8. The minimum atomic E-state index is -3.78. The van der Waals surface area contributed by atoms with E-state index >= 15 is 0 Å². The highest BCUT2D eigenvalue weighted by atomic mass is 32.2. The smallest absolute Gasteiger partial charge is 0.244 e. The first-order valence-electron chi connectivity index (χ1n) is 11.7.